The summed E-state index contributed by atoms with van der Waals surface area (Å²) < 4.78 is 64.8. The van der Waals surface area contributed by atoms with Gasteiger partial charge in [-0.1, -0.05) is 0 Å². The van der Waals surface area contributed by atoms with Crippen molar-refractivity contribution >= 4 is 27.5 Å². The maximum absolute atomic E-state index is 12.6. The summed E-state index contributed by atoms with van der Waals surface area (Å²) in [5.41, 5.74) is 0.120. The van der Waals surface area contributed by atoms with E-state index in [1.54, 1.807) is 19.2 Å². The van der Waals surface area contributed by atoms with Crippen molar-refractivity contribution < 1.29 is 21.6 Å². The molecule has 32 heavy (non-hydrogen) atoms. The molecular formula is C20H21F3N6O2S. The molecule has 0 aliphatic heterocycles. The molecule has 3 rings (SSSR count). The molecule has 0 fully saturated rings. The Labute approximate surface area is 183 Å². The van der Waals surface area contributed by atoms with Crippen molar-refractivity contribution in [3.05, 3.63) is 65.6 Å². The van der Waals surface area contributed by atoms with Crippen molar-refractivity contribution in [1.29, 1.82) is 0 Å². The van der Waals surface area contributed by atoms with E-state index in [4.69, 9.17) is 0 Å². The molecular weight excluding hydrogens is 445 g/mol. The van der Waals surface area contributed by atoms with Crippen LogP contribution in [-0.2, 0) is 16.2 Å². The number of aromatic nitrogens is 3. The molecule has 8 nitrogen and oxygen atoms in total. The average Bonchev–Trinajstić information content (AvgIpc) is 2.70. The number of hydrogen-bond acceptors (Lipinski definition) is 7. The van der Waals surface area contributed by atoms with Crippen LogP contribution >= 0.6 is 0 Å². The molecule has 0 atom stereocenters. The summed E-state index contributed by atoms with van der Waals surface area (Å²) in [6.45, 7) is 3.84. The van der Waals surface area contributed by atoms with Crippen LogP contribution in [-0.4, -0.2) is 36.5 Å². The van der Waals surface area contributed by atoms with Gasteiger partial charge in [0.15, 0.2) is 0 Å². The predicted octanol–water partition coefficient (Wildman–Crippen LogP) is 3.64. The Bertz CT molecular complexity index is 1180. The Morgan fingerprint density at radius 3 is 2.25 bits per heavy atom. The van der Waals surface area contributed by atoms with Crippen LogP contribution in [0.4, 0.5) is 30.6 Å². The summed E-state index contributed by atoms with van der Waals surface area (Å²) >= 11 is 0. The number of alkyl halides is 3. The summed E-state index contributed by atoms with van der Waals surface area (Å²) in [7, 11) is -3.95. The normalized spacial score (nSPS) is 11.9. The Morgan fingerprint density at radius 1 is 0.906 bits per heavy atom. The van der Waals surface area contributed by atoms with E-state index in [0.29, 0.717) is 23.3 Å². The smallest absolute Gasteiger partial charge is 0.369 e. The van der Waals surface area contributed by atoms with Crippen molar-refractivity contribution in [3.63, 3.8) is 0 Å². The van der Waals surface area contributed by atoms with Gasteiger partial charge < -0.3 is 10.6 Å². The number of anilines is 3. The minimum absolute atomic E-state index is 0.00535. The molecule has 0 aliphatic rings. The fraction of sp³-hybridized carbons (Fsp3) is 0.250. The molecule has 0 spiro atoms. The Hall–Kier alpha value is -3.25. The SMILES string of the molecule is Cc1ccnc(Nc2cc(NCCNS(=O)(=O)c3ccc(C(F)(F)F)cc3)nc(C)n2)c1. The van der Waals surface area contributed by atoms with Crippen molar-refractivity contribution in [2.75, 3.05) is 23.7 Å². The van der Waals surface area contributed by atoms with Crippen LogP contribution in [0.25, 0.3) is 0 Å². The largest absolute Gasteiger partial charge is 0.416 e. The van der Waals surface area contributed by atoms with Crippen LogP contribution in [0.5, 0.6) is 0 Å². The number of nitrogens with one attached hydrogen (secondary N) is 3. The van der Waals surface area contributed by atoms with Crippen molar-refractivity contribution in [2.45, 2.75) is 24.9 Å². The zero-order valence-corrected chi connectivity index (χ0v) is 18.0. The van der Waals surface area contributed by atoms with Crippen LogP contribution in [0.3, 0.4) is 0 Å². The summed E-state index contributed by atoms with van der Waals surface area (Å²) in [5, 5.41) is 6.07. The van der Waals surface area contributed by atoms with Crippen LogP contribution < -0.4 is 15.4 Å². The number of sulfonamides is 1. The molecule has 3 N–H and O–H groups in total. The minimum atomic E-state index is -4.53. The van der Waals surface area contributed by atoms with E-state index in [0.717, 1.165) is 29.8 Å². The number of pyridine rings is 1. The molecule has 12 heteroatoms. The van der Waals surface area contributed by atoms with E-state index in [1.165, 1.54) is 0 Å². The zero-order valence-electron chi connectivity index (χ0n) is 17.2. The maximum Gasteiger partial charge on any atom is 0.416 e. The van der Waals surface area contributed by atoms with E-state index in [-0.39, 0.29) is 18.0 Å². The zero-order chi connectivity index (χ0) is 23.4. The molecule has 2 aromatic heterocycles. The van der Waals surface area contributed by atoms with Gasteiger partial charge in [0.2, 0.25) is 10.0 Å². The van der Waals surface area contributed by atoms with Gasteiger partial charge in [-0.2, -0.15) is 13.2 Å². The second kappa shape index (κ2) is 9.49. The van der Waals surface area contributed by atoms with Crippen LogP contribution in [0, 0.1) is 13.8 Å². The first kappa shape index (κ1) is 23.4. The molecule has 170 valence electrons. The van der Waals surface area contributed by atoms with Crippen molar-refractivity contribution in [1.82, 2.24) is 19.7 Å². The summed E-state index contributed by atoms with van der Waals surface area (Å²) in [5.74, 6) is 2.11. The second-order valence-corrected chi connectivity index (χ2v) is 8.64. The van der Waals surface area contributed by atoms with Gasteiger partial charge in [0, 0.05) is 25.4 Å². The lowest BCUT2D eigenvalue weighted by molar-refractivity contribution is -0.137. The highest BCUT2D eigenvalue weighted by molar-refractivity contribution is 7.89. The van der Waals surface area contributed by atoms with Gasteiger partial charge in [-0.05, 0) is 55.8 Å². The Balaban J connectivity index is 1.57. The number of benzene rings is 1. The van der Waals surface area contributed by atoms with Crippen molar-refractivity contribution in [2.24, 2.45) is 0 Å². The number of aryl methyl sites for hydroxylation is 2. The first-order valence-corrected chi connectivity index (χ1v) is 11.0. The molecule has 0 unspecified atom stereocenters. The Morgan fingerprint density at radius 2 is 1.59 bits per heavy atom. The third-order valence-electron chi connectivity index (χ3n) is 4.22. The Kier molecular flexibility index (Phi) is 6.94. The number of nitrogens with zero attached hydrogens (tertiary/aromatic N) is 3. The van der Waals surface area contributed by atoms with Crippen LogP contribution in [0.2, 0.25) is 0 Å². The van der Waals surface area contributed by atoms with Gasteiger partial charge in [0.1, 0.15) is 23.3 Å². The van der Waals surface area contributed by atoms with Gasteiger partial charge in [-0.3, -0.25) is 0 Å². The predicted molar refractivity (Wildman–Crippen MR) is 114 cm³/mol. The summed E-state index contributed by atoms with van der Waals surface area (Å²) in [6, 6.07) is 8.69. The van der Waals surface area contributed by atoms with Gasteiger partial charge in [-0.25, -0.2) is 28.1 Å². The topological polar surface area (TPSA) is 109 Å². The maximum atomic E-state index is 12.6. The van der Waals surface area contributed by atoms with Gasteiger partial charge >= 0.3 is 6.18 Å². The highest BCUT2D eigenvalue weighted by Crippen LogP contribution is 2.29. The standard InChI is InChI=1S/C20H21F3N6O2S/c1-13-7-8-24-17(11-13)29-19-12-18(27-14(2)28-19)25-9-10-26-32(30,31)16-5-3-15(4-6-16)20(21,22)23/h3-8,11-12,26H,9-10H2,1-2H3,(H2,24,25,27,28,29). The second-order valence-electron chi connectivity index (χ2n) is 6.88. The fourth-order valence-electron chi connectivity index (χ4n) is 2.74. The van der Waals surface area contributed by atoms with E-state index in [2.05, 4.69) is 30.3 Å². The number of rotatable bonds is 8. The van der Waals surface area contributed by atoms with E-state index in [1.807, 2.05) is 19.1 Å². The van der Waals surface area contributed by atoms with E-state index < -0.39 is 21.8 Å². The third kappa shape index (κ3) is 6.37. The number of hydrogen-bond donors (Lipinski definition) is 3. The van der Waals surface area contributed by atoms with E-state index in [9.17, 15) is 21.6 Å². The number of halogens is 3. The lowest BCUT2D eigenvalue weighted by atomic mass is 10.2. The molecule has 2 heterocycles. The lowest BCUT2D eigenvalue weighted by Gasteiger charge is -2.11. The molecule has 0 aliphatic carbocycles. The van der Waals surface area contributed by atoms with Crippen LogP contribution in [0.1, 0.15) is 17.0 Å². The first-order chi connectivity index (χ1) is 15.0. The highest BCUT2D eigenvalue weighted by atomic mass is 32.2. The van der Waals surface area contributed by atoms with Gasteiger partial charge in [-0.15, -0.1) is 0 Å². The molecule has 1 aromatic carbocycles. The minimum Gasteiger partial charge on any atom is -0.369 e. The molecule has 0 saturated carbocycles. The monoisotopic (exact) mass is 466 g/mol. The summed E-state index contributed by atoms with van der Waals surface area (Å²) in [6.07, 6.45) is -2.86. The highest BCUT2D eigenvalue weighted by Gasteiger charge is 2.30. The quantitative estimate of drug-likeness (QED) is 0.435. The molecule has 0 bridgehead atoms. The molecule has 0 amide bonds. The van der Waals surface area contributed by atoms with E-state index >= 15 is 0 Å². The molecule has 0 radical (unpaired) electrons. The third-order valence-corrected chi connectivity index (χ3v) is 5.70. The molecule has 3 aromatic rings. The molecule has 0 saturated heterocycles. The average molecular weight is 466 g/mol. The summed E-state index contributed by atoms with van der Waals surface area (Å²) in [4.78, 5) is 12.5. The van der Waals surface area contributed by atoms with Crippen LogP contribution in [0.15, 0.2) is 53.6 Å². The first-order valence-electron chi connectivity index (χ1n) is 9.49. The van der Waals surface area contributed by atoms with Gasteiger partial charge in [0.05, 0.1) is 10.5 Å². The van der Waals surface area contributed by atoms with Gasteiger partial charge in [0.25, 0.3) is 0 Å². The lowest BCUT2D eigenvalue weighted by Crippen LogP contribution is -2.29. The fourth-order valence-corrected chi connectivity index (χ4v) is 3.77. The van der Waals surface area contributed by atoms with Crippen molar-refractivity contribution in [3.8, 4) is 0 Å².